The van der Waals surface area contributed by atoms with E-state index in [1.165, 1.54) is 56.2 Å². The zero-order chi connectivity index (χ0) is 35.3. The molecule has 2 fully saturated rings. The average molecular weight is 717 g/mol. The fourth-order valence-corrected chi connectivity index (χ4v) is 9.41. The van der Waals surface area contributed by atoms with E-state index in [0.717, 1.165) is 68.5 Å². The van der Waals surface area contributed by atoms with E-state index in [-0.39, 0.29) is 16.5 Å². The molecule has 0 bridgehead atoms. The van der Waals surface area contributed by atoms with E-state index in [1.807, 2.05) is 24.3 Å². The van der Waals surface area contributed by atoms with Crippen molar-refractivity contribution in [3.63, 3.8) is 0 Å². The molecule has 4 aromatic rings. The summed E-state index contributed by atoms with van der Waals surface area (Å²) >= 11 is 1.13. The Hall–Kier alpha value is -4.30. The first-order valence-corrected chi connectivity index (χ1v) is 19.2. The smallest absolute Gasteiger partial charge is 0.337 e. The quantitative estimate of drug-likeness (QED) is 0.197. The number of piperazine rings is 1. The first kappa shape index (κ1) is 35.5. The Morgan fingerprint density at radius 3 is 2.20 bits per heavy atom. The van der Waals surface area contributed by atoms with Gasteiger partial charge in [-0.05, 0) is 93.0 Å². The van der Waals surface area contributed by atoms with E-state index < -0.39 is 16.0 Å². The first-order chi connectivity index (χ1) is 24.1. The zero-order valence-electron chi connectivity index (χ0n) is 28.8. The number of carbonyl (C=O) groups is 2. The van der Waals surface area contributed by atoms with Gasteiger partial charge in [-0.25, -0.2) is 18.2 Å². The number of aromatic nitrogens is 1. The molecule has 1 amide bonds. The lowest BCUT2D eigenvalue weighted by Crippen LogP contribution is -2.44. The molecular weight excluding hydrogens is 673 g/mol. The van der Waals surface area contributed by atoms with E-state index in [0.29, 0.717) is 33.0 Å². The van der Waals surface area contributed by atoms with Gasteiger partial charge < -0.3 is 19.9 Å². The molecule has 6 rings (SSSR count). The van der Waals surface area contributed by atoms with E-state index in [4.69, 9.17) is 9.72 Å². The third-order valence-electron chi connectivity index (χ3n) is 9.29. The maximum atomic E-state index is 14.1. The van der Waals surface area contributed by atoms with Crippen molar-refractivity contribution in [2.75, 3.05) is 63.0 Å². The van der Waals surface area contributed by atoms with Crippen LogP contribution in [0, 0.1) is 6.92 Å². The number of nitrogens with zero attached hydrogens (tertiary/aromatic N) is 4. The summed E-state index contributed by atoms with van der Waals surface area (Å²) in [5, 5.41) is 3.00. The Bertz CT molecular complexity index is 1900. The number of piperidine rings is 1. The van der Waals surface area contributed by atoms with Gasteiger partial charge >= 0.3 is 5.97 Å². The van der Waals surface area contributed by atoms with Gasteiger partial charge in [0.2, 0.25) is 0 Å². The number of anilines is 2. The van der Waals surface area contributed by atoms with E-state index in [2.05, 4.69) is 43.9 Å². The normalized spacial score (nSPS) is 15.9. The molecule has 2 aliphatic rings. The Morgan fingerprint density at radius 2 is 1.56 bits per heavy atom. The van der Waals surface area contributed by atoms with Crippen LogP contribution < -0.4 is 14.9 Å². The topological polar surface area (TPSA) is 124 Å². The number of likely N-dealkylation sites (N-methyl/N-ethyl adjacent to an activating group) is 1. The third kappa shape index (κ3) is 8.35. The monoisotopic (exact) mass is 716 g/mol. The highest BCUT2D eigenvalue weighted by Gasteiger charge is 2.30. The predicted octanol–water partition coefficient (Wildman–Crippen LogP) is 5.37. The second kappa shape index (κ2) is 15.7. The van der Waals surface area contributed by atoms with Crippen LogP contribution in [-0.4, -0.2) is 88.5 Å². The van der Waals surface area contributed by atoms with Gasteiger partial charge in [0, 0.05) is 56.7 Å². The molecule has 0 atom stereocenters. The lowest BCUT2D eigenvalue weighted by Gasteiger charge is -2.33. The molecule has 0 unspecified atom stereocenters. The van der Waals surface area contributed by atoms with Gasteiger partial charge in [-0.2, -0.15) is 0 Å². The molecule has 264 valence electrons. The summed E-state index contributed by atoms with van der Waals surface area (Å²) in [6.45, 7) is 8.73. The Labute approximate surface area is 298 Å². The van der Waals surface area contributed by atoms with Gasteiger partial charge in [0.05, 0.1) is 22.4 Å². The van der Waals surface area contributed by atoms with E-state index in [1.54, 1.807) is 13.1 Å². The van der Waals surface area contributed by atoms with Crippen LogP contribution in [0.2, 0.25) is 0 Å². The third-order valence-corrected chi connectivity index (χ3v) is 12.3. The second-order valence-corrected chi connectivity index (χ2v) is 15.6. The van der Waals surface area contributed by atoms with Crippen LogP contribution in [0.1, 0.15) is 56.0 Å². The number of ether oxygens (including phenoxy) is 1. The number of esters is 1. The molecule has 0 spiro atoms. The van der Waals surface area contributed by atoms with Crippen molar-refractivity contribution >= 4 is 44.7 Å². The van der Waals surface area contributed by atoms with E-state index >= 15 is 0 Å². The molecule has 0 saturated carbocycles. The van der Waals surface area contributed by atoms with Gasteiger partial charge in [-0.1, -0.05) is 30.7 Å². The summed E-state index contributed by atoms with van der Waals surface area (Å²) in [5.74, 6) is -0.0488. The van der Waals surface area contributed by atoms with Crippen LogP contribution in [0.3, 0.4) is 0 Å². The number of thiophene rings is 1. The number of nitrogens with one attached hydrogen (secondary N) is 2. The molecule has 2 N–H and O–H groups in total. The SMILES string of the molecule is COC(=O)c1ccc(NS(=O)(=O)c2c(-c3ccc(N4CCN(C)CC4)nc3)sc(C(=O)NCc3ccc(CN4CCCCC4)cc3)c2C)cc1. The standard InChI is InChI=1S/C37H44N6O5S2/c1-26-33(36(44)39-23-27-7-9-28(10-8-27)25-42-17-5-4-6-18-42)49-34(30-13-16-32(38-24-30)43-21-19-41(2)20-22-43)35(26)50(46,47)40-31-14-11-29(12-15-31)37(45)48-3/h7-16,24,40H,4-6,17-23,25H2,1-3H3,(H,39,44). The Kier molecular flexibility index (Phi) is 11.2. The van der Waals surface area contributed by atoms with E-state index in [9.17, 15) is 18.0 Å². The highest BCUT2D eigenvalue weighted by atomic mass is 32.2. The van der Waals surface area contributed by atoms with Crippen LogP contribution in [0.15, 0.2) is 71.8 Å². The van der Waals surface area contributed by atoms with Gasteiger partial charge in [0.1, 0.15) is 10.7 Å². The molecule has 4 heterocycles. The lowest BCUT2D eigenvalue weighted by atomic mass is 10.1. The van der Waals surface area contributed by atoms with Crippen molar-refractivity contribution in [3.8, 4) is 10.4 Å². The number of methoxy groups -OCH3 is 1. The molecule has 2 saturated heterocycles. The fourth-order valence-electron chi connectivity index (χ4n) is 6.37. The van der Waals surface area contributed by atoms with Crippen LogP contribution in [0.25, 0.3) is 10.4 Å². The number of hydrogen-bond acceptors (Lipinski definition) is 10. The molecule has 0 radical (unpaired) electrons. The van der Waals surface area contributed by atoms with Crippen molar-refractivity contribution in [3.05, 3.63) is 94.0 Å². The number of amides is 1. The summed E-state index contributed by atoms with van der Waals surface area (Å²) in [7, 11) is -0.799. The Balaban J connectivity index is 1.24. The van der Waals surface area contributed by atoms with Crippen LogP contribution in [-0.2, 0) is 27.8 Å². The van der Waals surface area contributed by atoms with Crippen LogP contribution >= 0.6 is 11.3 Å². The number of benzene rings is 2. The summed E-state index contributed by atoms with van der Waals surface area (Å²) in [6, 6.07) is 18.0. The average Bonchev–Trinajstić information content (AvgIpc) is 3.50. The number of rotatable bonds is 11. The van der Waals surface area contributed by atoms with Gasteiger partial charge in [0.15, 0.2) is 0 Å². The van der Waals surface area contributed by atoms with Crippen LogP contribution in [0.4, 0.5) is 11.5 Å². The minimum absolute atomic E-state index is 0.0147. The number of sulfonamides is 1. The predicted molar refractivity (Wildman–Crippen MR) is 197 cm³/mol. The molecule has 2 aliphatic heterocycles. The zero-order valence-corrected chi connectivity index (χ0v) is 30.4. The van der Waals surface area contributed by atoms with Gasteiger partial charge in [0.25, 0.3) is 15.9 Å². The van der Waals surface area contributed by atoms with Crippen molar-refractivity contribution in [1.29, 1.82) is 0 Å². The van der Waals surface area contributed by atoms with Crippen molar-refractivity contribution < 1.29 is 22.7 Å². The number of carbonyl (C=O) groups excluding carboxylic acids is 2. The highest BCUT2D eigenvalue weighted by Crippen LogP contribution is 2.40. The maximum absolute atomic E-state index is 14.1. The van der Waals surface area contributed by atoms with Crippen molar-refractivity contribution in [1.82, 2.24) is 20.1 Å². The van der Waals surface area contributed by atoms with Crippen molar-refractivity contribution in [2.45, 2.75) is 44.2 Å². The summed E-state index contributed by atoms with van der Waals surface area (Å²) in [4.78, 5) is 38.0. The van der Waals surface area contributed by atoms with Gasteiger partial charge in [-0.3, -0.25) is 14.4 Å². The molecule has 0 aliphatic carbocycles. The number of likely N-dealkylation sites (tertiary alicyclic amines) is 1. The first-order valence-electron chi connectivity index (χ1n) is 16.9. The largest absolute Gasteiger partial charge is 0.465 e. The fraction of sp³-hybridized carbons (Fsp3) is 0.378. The molecule has 2 aromatic heterocycles. The van der Waals surface area contributed by atoms with Crippen molar-refractivity contribution in [2.24, 2.45) is 0 Å². The Morgan fingerprint density at radius 1 is 0.880 bits per heavy atom. The molecular formula is C37H44N6O5S2. The maximum Gasteiger partial charge on any atom is 0.337 e. The summed E-state index contributed by atoms with van der Waals surface area (Å²) in [5.41, 5.74) is 3.72. The minimum atomic E-state index is -4.18. The molecule has 13 heteroatoms. The minimum Gasteiger partial charge on any atom is -0.465 e. The lowest BCUT2D eigenvalue weighted by molar-refractivity contribution is 0.0600. The highest BCUT2D eigenvalue weighted by molar-refractivity contribution is 7.93. The van der Waals surface area contributed by atoms with Crippen LogP contribution in [0.5, 0.6) is 0 Å². The summed E-state index contributed by atoms with van der Waals surface area (Å²) < 4.78 is 35.5. The van der Waals surface area contributed by atoms with Gasteiger partial charge in [-0.15, -0.1) is 11.3 Å². The second-order valence-electron chi connectivity index (χ2n) is 12.9. The summed E-state index contributed by atoms with van der Waals surface area (Å²) in [6.07, 6.45) is 5.47. The number of pyridine rings is 1. The number of hydrogen-bond donors (Lipinski definition) is 2. The molecule has 50 heavy (non-hydrogen) atoms. The molecule has 11 nitrogen and oxygen atoms in total. The molecule has 2 aromatic carbocycles.